The van der Waals surface area contributed by atoms with Crippen molar-refractivity contribution in [3.05, 3.63) is 133 Å². The monoisotopic (exact) mass is 558 g/mol. The van der Waals surface area contributed by atoms with E-state index in [0.717, 1.165) is 12.0 Å². The average molecular weight is 559 g/mol. The summed E-state index contributed by atoms with van der Waals surface area (Å²) in [7, 11) is -6.06. The van der Waals surface area contributed by atoms with Crippen molar-refractivity contribution in [2.45, 2.75) is 57.3 Å². The molecule has 0 bridgehead atoms. The molecular weight excluding hydrogens is 519 g/mol. The van der Waals surface area contributed by atoms with Crippen molar-refractivity contribution in [3.63, 3.8) is 0 Å². The number of hydrogen-bond acceptors (Lipinski definition) is 3. The third-order valence-electron chi connectivity index (χ3n) is 6.60. The van der Waals surface area contributed by atoms with Crippen molar-refractivity contribution in [1.82, 2.24) is 0 Å². The third-order valence-corrected chi connectivity index (χ3v) is 11.4. The largest absolute Gasteiger partial charge is 0.744 e. The molecule has 4 rings (SSSR count). The second-order valence-corrected chi connectivity index (χ2v) is 14.3. The second kappa shape index (κ2) is 15.5. The van der Waals surface area contributed by atoms with Gasteiger partial charge in [0.1, 0.15) is 33.3 Å². The molecule has 0 unspecified atom stereocenters. The van der Waals surface area contributed by atoms with Crippen LogP contribution in [0.5, 0.6) is 0 Å². The third kappa shape index (κ3) is 9.00. The molecule has 0 spiro atoms. The Balaban J connectivity index is 0.000000320. The van der Waals surface area contributed by atoms with Crippen LogP contribution in [0.15, 0.2) is 132 Å². The molecule has 0 amide bonds. The molecule has 0 aliphatic rings. The fourth-order valence-electron chi connectivity index (χ4n) is 4.50. The maximum absolute atomic E-state index is 10.4. The Bertz CT molecular complexity index is 1270. The predicted molar refractivity (Wildman–Crippen MR) is 167 cm³/mol. The summed E-state index contributed by atoms with van der Waals surface area (Å²) in [5.41, 5.74) is 0.928. The molecule has 0 aromatic heterocycles. The fraction of sp³-hybridized carbons (Fsp3) is 0.235. The standard InChI is InChI=1S/C27H32P.C7H8O3S/c1-2-3-4-5-6-7-17-24-28(25-18-11-8-12-19-25,26-20-13-9-14-21-26)27-22-15-10-16-23-27;1-6-2-4-7(5-3-6)11(8,9)10/h8-24H,2-7H2,1H3;2-5H,1H3,(H,8,9,10)/q+1;/p-1/b24-17+;. The van der Waals surface area contributed by atoms with E-state index in [1.54, 1.807) is 12.1 Å². The van der Waals surface area contributed by atoms with Crippen molar-refractivity contribution in [3.8, 4) is 0 Å². The van der Waals surface area contributed by atoms with Crippen LogP contribution in [0.3, 0.4) is 0 Å². The van der Waals surface area contributed by atoms with Gasteiger partial charge in [-0.2, -0.15) is 0 Å². The van der Waals surface area contributed by atoms with Gasteiger partial charge in [0.25, 0.3) is 0 Å². The Kier molecular flexibility index (Phi) is 12.1. The first kappa shape index (κ1) is 30.5. The molecule has 0 N–H and O–H groups in total. The van der Waals surface area contributed by atoms with Crippen LogP contribution in [0.4, 0.5) is 0 Å². The maximum Gasteiger partial charge on any atom is 0.136 e. The van der Waals surface area contributed by atoms with Gasteiger partial charge in [-0.3, -0.25) is 0 Å². The lowest BCUT2D eigenvalue weighted by molar-refractivity contribution is 0.463. The predicted octanol–water partition coefficient (Wildman–Crippen LogP) is 7.75. The Morgan fingerprint density at radius 3 is 1.49 bits per heavy atom. The quantitative estimate of drug-likeness (QED) is 0.107. The number of rotatable bonds is 11. The molecular formula is C34H39O3PS. The summed E-state index contributed by atoms with van der Waals surface area (Å²) in [4.78, 5) is -0.178. The van der Waals surface area contributed by atoms with Crippen molar-refractivity contribution >= 4 is 33.3 Å². The number of allylic oxidation sites excluding steroid dienone is 1. The molecule has 4 aromatic carbocycles. The molecule has 5 heteroatoms. The van der Waals surface area contributed by atoms with Crippen LogP contribution in [0.1, 0.15) is 51.0 Å². The van der Waals surface area contributed by atoms with Gasteiger partial charge in [0.2, 0.25) is 0 Å². The minimum Gasteiger partial charge on any atom is -0.744 e. The summed E-state index contributed by atoms with van der Waals surface area (Å²) in [6, 6.07) is 39.0. The van der Waals surface area contributed by atoms with Crippen molar-refractivity contribution in [2.24, 2.45) is 0 Å². The molecule has 0 aliphatic heterocycles. The first-order valence-corrected chi connectivity index (χ1v) is 16.9. The summed E-state index contributed by atoms with van der Waals surface area (Å²) in [6.45, 7) is 4.10. The molecule has 0 saturated carbocycles. The Morgan fingerprint density at radius 2 is 1.08 bits per heavy atom. The molecule has 0 heterocycles. The van der Waals surface area contributed by atoms with Crippen molar-refractivity contribution < 1.29 is 13.0 Å². The summed E-state index contributed by atoms with van der Waals surface area (Å²) in [5, 5.41) is 4.28. The molecule has 3 nitrogen and oxygen atoms in total. The van der Waals surface area contributed by atoms with Gasteiger partial charge in [-0.15, -0.1) is 0 Å². The SMILES string of the molecule is CCCCCCC/C=C/[P+](c1ccccc1)(c1ccccc1)c1ccccc1.Cc1ccc(S(=O)(=O)[O-])cc1. The van der Waals surface area contributed by atoms with Crippen molar-refractivity contribution in [1.29, 1.82) is 0 Å². The van der Waals surface area contributed by atoms with Crippen LogP contribution in [0, 0.1) is 6.92 Å². The summed E-state index contributed by atoms with van der Waals surface area (Å²) < 4.78 is 31.2. The van der Waals surface area contributed by atoms with Gasteiger partial charge in [-0.1, -0.05) is 105 Å². The highest BCUT2D eigenvalue weighted by molar-refractivity contribution is 7.98. The van der Waals surface area contributed by atoms with E-state index in [2.05, 4.69) is 110 Å². The lowest BCUT2D eigenvalue weighted by Gasteiger charge is -2.24. The average Bonchev–Trinajstić information content (AvgIpc) is 2.96. The normalized spacial score (nSPS) is 11.7. The molecule has 0 saturated heterocycles. The van der Waals surface area contributed by atoms with Crippen LogP contribution < -0.4 is 15.9 Å². The van der Waals surface area contributed by atoms with Gasteiger partial charge >= 0.3 is 0 Å². The molecule has 0 fully saturated rings. The van der Waals surface area contributed by atoms with Crippen LogP contribution in [0.2, 0.25) is 0 Å². The topological polar surface area (TPSA) is 57.2 Å². The Labute approximate surface area is 235 Å². The van der Waals surface area contributed by atoms with E-state index in [4.69, 9.17) is 0 Å². The van der Waals surface area contributed by atoms with Gasteiger partial charge in [0, 0.05) is 0 Å². The highest BCUT2D eigenvalue weighted by atomic mass is 32.2. The van der Waals surface area contributed by atoms with Crippen LogP contribution in [0.25, 0.3) is 0 Å². The highest BCUT2D eigenvalue weighted by Gasteiger charge is 2.42. The first-order valence-electron chi connectivity index (χ1n) is 13.6. The molecule has 0 aliphatic carbocycles. The fourth-order valence-corrected chi connectivity index (χ4v) is 8.77. The second-order valence-electron chi connectivity index (χ2n) is 9.58. The molecule has 0 radical (unpaired) electrons. The lowest BCUT2D eigenvalue weighted by atomic mass is 10.1. The van der Waals surface area contributed by atoms with E-state index in [0.29, 0.717) is 0 Å². The zero-order valence-electron chi connectivity index (χ0n) is 22.9. The maximum atomic E-state index is 10.4. The van der Waals surface area contributed by atoms with Gasteiger partial charge in [0.05, 0.1) is 10.7 Å². The number of unbranched alkanes of at least 4 members (excludes halogenated alkanes) is 5. The van der Waals surface area contributed by atoms with E-state index in [1.807, 2.05) is 6.92 Å². The van der Waals surface area contributed by atoms with Crippen LogP contribution >= 0.6 is 7.26 Å². The van der Waals surface area contributed by atoms with E-state index in [-0.39, 0.29) is 4.90 Å². The smallest absolute Gasteiger partial charge is 0.136 e. The number of benzene rings is 4. The van der Waals surface area contributed by atoms with E-state index in [9.17, 15) is 13.0 Å². The number of aryl methyl sites for hydroxylation is 1. The highest BCUT2D eigenvalue weighted by Crippen LogP contribution is 2.56. The Morgan fingerprint density at radius 1 is 0.641 bits per heavy atom. The molecule has 204 valence electrons. The minimum atomic E-state index is -4.27. The van der Waals surface area contributed by atoms with Crippen LogP contribution in [-0.2, 0) is 10.1 Å². The molecule has 0 atom stereocenters. The number of hydrogen-bond donors (Lipinski definition) is 0. The van der Waals surface area contributed by atoms with Gasteiger partial charge < -0.3 is 4.55 Å². The summed E-state index contributed by atoms with van der Waals surface area (Å²) in [6.07, 6.45) is 10.3. The van der Waals surface area contributed by atoms with Gasteiger partial charge in [-0.25, -0.2) is 8.42 Å². The van der Waals surface area contributed by atoms with Gasteiger partial charge in [0.15, 0.2) is 0 Å². The minimum absolute atomic E-state index is 0.178. The lowest BCUT2D eigenvalue weighted by Crippen LogP contribution is -2.29. The first-order chi connectivity index (χ1) is 18.9. The van der Waals surface area contributed by atoms with Gasteiger partial charge in [-0.05, 0) is 74.4 Å². The van der Waals surface area contributed by atoms with Crippen molar-refractivity contribution in [2.75, 3.05) is 0 Å². The summed E-state index contributed by atoms with van der Waals surface area (Å²) in [5.74, 6) is 2.55. The van der Waals surface area contributed by atoms with Crippen LogP contribution in [-0.4, -0.2) is 13.0 Å². The molecule has 4 aromatic rings. The molecule has 39 heavy (non-hydrogen) atoms. The zero-order chi connectivity index (χ0) is 28.0. The van der Waals surface area contributed by atoms with E-state index in [1.165, 1.54) is 60.2 Å². The summed E-state index contributed by atoms with van der Waals surface area (Å²) >= 11 is 0. The van der Waals surface area contributed by atoms with E-state index >= 15 is 0 Å². The van der Waals surface area contributed by atoms with E-state index < -0.39 is 17.4 Å². The zero-order valence-corrected chi connectivity index (χ0v) is 24.7. The Hall–Kier alpha value is -3.04.